The van der Waals surface area contributed by atoms with Crippen molar-refractivity contribution in [2.75, 3.05) is 29.7 Å². The van der Waals surface area contributed by atoms with Crippen LogP contribution in [0.1, 0.15) is 41.2 Å². The molecule has 0 aromatic heterocycles. The monoisotopic (exact) mass is 445 g/mol. The van der Waals surface area contributed by atoms with Gasteiger partial charge in [0.25, 0.3) is 5.91 Å². The molecule has 0 aliphatic carbocycles. The second-order valence-corrected chi connectivity index (χ2v) is 9.73. The molecule has 1 unspecified atom stereocenters. The quantitative estimate of drug-likeness (QED) is 0.738. The Morgan fingerprint density at radius 1 is 1.03 bits per heavy atom. The smallest absolute Gasteiger partial charge is 0.251 e. The molecular formula is C22H24FN3O4S. The molecule has 2 fully saturated rings. The van der Waals surface area contributed by atoms with Crippen LogP contribution in [0, 0.1) is 5.82 Å². The highest BCUT2D eigenvalue weighted by atomic mass is 32.2. The van der Waals surface area contributed by atoms with E-state index in [4.69, 9.17) is 0 Å². The van der Waals surface area contributed by atoms with Crippen LogP contribution in [0.4, 0.5) is 10.1 Å². The number of likely N-dealkylation sites (tertiary alicyclic amines) is 1. The second-order valence-electron chi connectivity index (χ2n) is 7.79. The third-order valence-electron chi connectivity index (χ3n) is 5.73. The summed E-state index contributed by atoms with van der Waals surface area (Å²) in [5.41, 5.74) is 1.55. The Morgan fingerprint density at radius 3 is 2.26 bits per heavy atom. The van der Waals surface area contributed by atoms with Crippen molar-refractivity contribution in [1.82, 2.24) is 10.2 Å². The molecule has 2 heterocycles. The Kier molecular flexibility index (Phi) is 6.06. The van der Waals surface area contributed by atoms with Gasteiger partial charge >= 0.3 is 0 Å². The normalized spacial score (nSPS) is 19.5. The standard InChI is InChI=1S/C22H24FN3O4S/c23-18-7-3-16(4-8-18)20(25-12-1-2-13-25)15-24-22(28)17-5-9-19(10-6-17)26-21(27)11-14-31(26,29)30/h3-10,20H,1-2,11-15H2,(H,24,28). The first-order valence-electron chi connectivity index (χ1n) is 10.3. The van der Waals surface area contributed by atoms with E-state index in [0.717, 1.165) is 35.8 Å². The highest BCUT2D eigenvalue weighted by molar-refractivity contribution is 7.94. The van der Waals surface area contributed by atoms with Crippen molar-refractivity contribution >= 4 is 27.5 Å². The van der Waals surface area contributed by atoms with E-state index >= 15 is 0 Å². The van der Waals surface area contributed by atoms with E-state index < -0.39 is 15.9 Å². The molecule has 4 rings (SSSR count). The molecule has 0 radical (unpaired) electrons. The lowest BCUT2D eigenvalue weighted by Crippen LogP contribution is -2.36. The van der Waals surface area contributed by atoms with Gasteiger partial charge < -0.3 is 5.32 Å². The number of rotatable bonds is 6. The topological polar surface area (TPSA) is 86.8 Å². The third kappa shape index (κ3) is 4.62. The molecule has 0 saturated carbocycles. The molecular weight excluding hydrogens is 421 g/mol. The lowest BCUT2D eigenvalue weighted by atomic mass is 10.0. The van der Waals surface area contributed by atoms with Gasteiger partial charge in [0, 0.05) is 18.5 Å². The first-order valence-corrected chi connectivity index (χ1v) is 11.9. The summed E-state index contributed by atoms with van der Waals surface area (Å²) in [6.07, 6.45) is 2.14. The van der Waals surface area contributed by atoms with Crippen LogP contribution in [0.5, 0.6) is 0 Å². The van der Waals surface area contributed by atoms with Gasteiger partial charge in [-0.15, -0.1) is 0 Å². The fraction of sp³-hybridized carbons (Fsp3) is 0.364. The van der Waals surface area contributed by atoms with Crippen molar-refractivity contribution in [2.24, 2.45) is 0 Å². The van der Waals surface area contributed by atoms with Crippen LogP contribution >= 0.6 is 0 Å². The SMILES string of the molecule is O=C(NCC(c1ccc(F)cc1)N1CCCC1)c1ccc(N2C(=O)CCS2(=O)=O)cc1. The molecule has 7 nitrogen and oxygen atoms in total. The van der Waals surface area contributed by atoms with Gasteiger partial charge in [-0.1, -0.05) is 12.1 Å². The zero-order valence-electron chi connectivity index (χ0n) is 17.0. The average Bonchev–Trinajstić information content (AvgIpc) is 3.37. The largest absolute Gasteiger partial charge is 0.350 e. The van der Waals surface area contributed by atoms with Crippen molar-refractivity contribution in [1.29, 1.82) is 0 Å². The van der Waals surface area contributed by atoms with E-state index in [9.17, 15) is 22.4 Å². The number of halogens is 1. The van der Waals surface area contributed by atoms with E-state index in [2.05, 4.69) is 10.2 Å². The highest BCUT2D eigenvalue weighted by Gasteiger charge is 2.36. The summed E-state index contributed by atoms with van der Waals surface area (Å²) in [5, 5.41) is 2.93. The predicted octanol–water partition coefficient (Wildman–Crippen LogP) is 2.46. The molecule has 2 aromatic carbocycles. The number of hydrogen-bond acceptors (Lipinski definition) is 5. The summed E-state index contributed by atoms with van der Waals surface area (Å²) in [6.45, 7) is 2.21. The van der Waals surface area contributed by atoms with Crippen LogP contribution < -0.4 is 9.62 Å². The van der Waals surface area contributed by atoms with Crippen LogP contribution in [-0.2, 0) is 14.8 Å². The summed E-state index contributed by atoms with van der Waals surface area (Å²) in [5.74, 6) is -1.26. The summed E-state index contributed by atoms with van der Waals surface area (Å²) >= 11 is 0. The van der Waals surface area contributed by atoms with E-state index in [1.54, 1.807) is 12.1 Å². The van der Waals surface area contributed by atoms with Gasteiger partial charge in [-0.05, 0) is 67.9 Å². The minimum atomic E-state index is -3.64. The number of benzene rings is 2. The summed E-state index contributed by atoms with van der Waals surface area (Å²) in [4.78, 5) is 26.9. The van der Waals surface area contributed by atoms with Crippen LogP contribution in [0.3, 0.4) is 0 Å². The average molecular weight is 446 g/mol. The number of anilines is 1. The van der Waals surface area contributed by atoms with Gasteiger partial charge in [0.15, 0.2) is 0 Å². The molecule has 2 aromatic rings. The van der Waals surface area contributed by atoms with Gasteiger partial charge in [0.05, 0.1) is 17.5 Å². The lowest BCUT2D eigenvalue weighted by Gasteiger charge is -2.28. The van der Waals surface area contributed by atoms with E-state index in [0.29, 0.717) is 12.1 Å². The minimum Gasteiger partial charge on any atom is -0.350 e. The molecule has 9 heteroatoms. The molecule has 0 bridgehead atoms. The van der Waals surface area contributed by atoms with Crippen molar-refractivity contribution in [3.8, 4) is 0 Å². The number of carbonyl (C=O) groups is 2. The van der Waals surface area contributed by atoms with Crippen molar-refractivity contribution in [3.63, 3.8) is 0 Å². The molecule has 2 aliphatic heterocycles. The molecule has 0 spiro atoms. The first-order chi connectivity index (χ1) is 14.8. The maximum absolute atomic E-state index is 13.3. The number of nitrogens with zero attached hydrogens (tertiary/aromatic N) is 2. The van der Waals surface area contributed by atoms with Gasteiger partial charge in [0.1, 0.15) is 5.82 Å². The Morgan fingerprint density at radius 2 is 1.68 bits per heavy atom. The number of sulfonamides is 1. The fourth-order valence-corrected chi connectivity index (χ4v) is 5.56. The van der Waals surface area contributed by atoms with E-state index in [-0.39, 0.29) is 35.6 Å². The zero-order chi connectivity index (χ0) is 22.0. The molecule has 1 atom stereocenters. The molecule has 31 heavy (non-hydrogen) atoms. The Bertz CT molecular complexity index is 1060. The molecule has 1 N–H and O–H groups in total. The number of hydrogen-bond donors (Lipinski definition) is 1. The fourth-order valence-electron chi connectivity index (χ4n) is 4.10. The zero-order valence-corrected chi connectivity index (χ0v) is 17.8. The van der Waals surface area contributed by atoms with Gasteiger partial charge in [-0.3, -0.25) is 14.5 Å². The van der Waals surface area contributed by atoms with Crippen molar-refractivity contribution < 1.29 is 22.4 Å². The van der Waals surface area contributed by atoms with Gasteiger partial charge in [-0.25, -0.2) is 17.1 Å². The number of nitrogens with one attached hydrogen (secondary N) is 1. The second kappa shape index (κ2) is 8.76. The maximum atomic E-state index is 13.3. The Labute approximate surface area is 180 Å². The Hall–Kier alpha value is -2.78. The molecule has 2 aliphatic rings. The van der Waals surface area contributed by atoms with Crippen LogP contribution in [-0.4, -0.2) is 50.5 Å². The maximum Gasteiger partial charge on any atom is 0.251 e. The van der Waals surface area contributed by atoms with Crippen LogP contribution in [0.25, 0.3) is 0 Å². The molecule has 2 amide bonds. The highest BCUT2D eigenvalue weighted by Crippen LogP contribution is 2.26. The van der Waals surface area contributed by atoms with Crippen LogP contribution in [0.15, 0.2) is 48.5 Å². The minimum absolute atomic E-state index is 0.0359. The Balaban J connectivity index is 1.45. The van der Waals surface area contributed by atoms with Gasteiger partial charge in [0.2, 0.25) is 15.9 Å². The van der Waals surface area contributed by atoms with Crippen molar-refractivity contribution in [2.45, 2.75) is 25.3 Å². The molecule has 164 valence electrons. The van der Waals surface area contributed by atoms with Crippen molar-refractivity contribution in [3.05, 3.63) is 65.5 Å². The van der Waals surface area contributed by atoms with E-state index in [1.807, 2.05) is 0 Å². The lowest BCUT2D eigenvalue weighted by molar-refractivity contribution is -0.116. The number of amides is 2. The predicted molar refractivity (Wildman–Crippen MR) is 115 cm³/mol. The van der Waals surface area contributed by atoms with E-state index in [1.165, 1.54) is 36.4 Å². The number of carbonyl (C=O) groups excluding carboxylic acids is 2. The van der Waals surface area contributed by atoms with Crippen LogP contribution in [0.2, 0.25) is 0 Å². The molecule has 2 saturated heterocycles. The third-order valence-corrected chi connectivity index (χ3v) is 7.43. The summed E-state index contributed by atoms with van der Waals surface area (Å²) in [6, 6.07) is 12.2. The van der Waals surface area contributed by atoms with Gasteiger partial charge in [-0.2, -0.15) is 0 Å². The first kappa shape index (κ1) is 21.5. The summed E-state index contributed by atoms with van der Waals surface area (Å²) < 4.78 is 38.2. The summed E-state index contributed by atoms with van der Waals surface area (Å²) in [7, 11) is -3.64.